The maximum absolute atomic E-state index is 12.8. The van der Waals surface area contributed by atoms with E-state index in [4.69, 9.17) is 14.2 Å². The topological polar surface area (TPSA) is 44.8 Å². The van der Waals surface area contributed by atoms with Crippen LogP contribution in [-0.4, -0.2) is 25.6 Å². The molecule has 2 aromatic carbocycles. The maximum Gasteiger partial charge on any atom is 0.185 e. The molecule has 4 nitrogen and oxygen atoms in total. The van der Waals surface area contributed by atoms with E-state index in [2.05, 4.69) is 41.5 Å². The average molecular weight is 425 g/mol. The number of ketones is 1. The molecule has 2 aromatic rings. The Morgan fingerprint density at radius 3 is 1.97 bits per heavy atom. The number of benzene rings is 2. The average Bonchev–Trinajstić information content (AvgIpc) is 2.73. The quantitative estimate of drug-likeness (QED) is 0.281. The van der Waals surface area contributed by atoms with Crippen LogP contribution < -0.4 is 14.2 Å². The van der Waals surface area contributed by atoms with Gasteiger partial charge < -0.3 is 14.2 Å². The molecule has 31 heavy (non-hydrogen) atoms. The summed E-state index contributed by atoms with van der Waals surface area (Å²) in [7, 11) is 0. The van der Waals surface area contributed by atoms with Gasteiger partial charge in [-0.1, -0.05) is 53.7 Å². The number of carbonyl (C=O) groups excluding carboxylic acids is 1. The van der Waals surface area contributed by atoms with Gasteiger partial charge in [0, 0.05) is 11.1 Å². The Balaban J connectivity index is 2.20. The first kappa shape index (κ1) is 24.5. The first-order valence-electron chi connectivity index (χ1n) is 11.1. The Morgan fingerprint density at radius 2 is 1.35 bits per heavy atom. The number of allylic oxidation sites excluding steroid dienone is 1. The van der Waals surface area contributed by atoms with Crippen LogP contribution in [0.25, 0.3) is 6.08 Å². The lowest BCUT2D eigenvalue weighted by Gasteiger charge is -2.14. The summed E-state index contributed by atoms with van der Waals surface area (Å²) in [5, 5.41) is 0. The lowest BCUT2D eigenvalue weighted by molar-refractivity contribution is 0.104. The predicted octanol–water partition coefficient (Wildman–Crippen LogP) is 6.69. The van der Waals surface area contributed by atoms with Crippen molar-refractivity contribution < 1.29 is 19.0 Å². The molecule has 0 bridgehead atoms. The summed E-state index contributed by atoms with van der Waals surface area (Å²) in [6, 6.07) is 13.0. The van der Waals surface area contributed by atoms with Gasteiger partial charge in [-0.15, -0.1) is 0 Å². The van der Waals surface area contributed by atoms with Crippen LogP contribution in [0, 0.1) is 17.8 Å². The lowest BCUT2D eigenvalue weighted by Crippen LogP contribution is -2.07. The number of ether oxygens (including phenoxy) is 3. The van der Waals surface area contributed by atoms with Gasteiger partial charge in [0.05, 0.1) is 19.8 Å². The van der Waals surface area contributed by atoms with Gasteiger partial charge in [-0.05, 0) is 60.2 Å². The summed E-state index contributed by atoms with van der Waals surface area (Å²) in [6.07, 6.45) is 3.37. The Bertz CT molecular complexity index is 865. The maximum atomic E-state index is 12.8. The highest BCUT2D eigenvalue weighted by atomic mass is 16.5. The van der Waals surface area contributed by atoms with E-state index >= 15 is 0 Å². The van der Waals surface area contributed by atoms with Gasteiger partial charge in [0.15, 0.2) is 5.78 Å². The molecule has 0 saturated heterocycles. The van der Waals surface area contributed by atoms with E-state index in [0.29, 0.717) is 48.9 Å². The lowest BCUT2D eigenvalue weighted by atomic mass is 10.1. The molecule has 0 fully saturated rings. The fraction of sp³-hybridized carbons (Fsp3) is 0.444. The van der Waals surface area contributed by atoms with Crippen molar-refractivity contribution in [1.29, 1.82) is 0 Å². The Kier molecular flexibility index (Phi) is 9.64. The van der Waals surface area contributed by atoms with Gasteiger partial charge in [0.25, 0.3) is 0 Å². The van der Waals surface area contributed by atoms with Gasteiger partial charge >= 0.3 is 0 Å². The molecule has 0 atom stereocenters. The van der Waals surface area contributed by atoms with Crippen molar-refractivity contribution in [1.82, 2.24) is 0 Å². The molecule has 0 amide bonds. The van der Waals surface area contributed by atoms with Crippen molar-refractivity contribution >= 4 is 11.9 Å². The van der Waals surface area contributed by atoms with Crippen molar-refractivity contribution in [3.05, 3.63) is 59.7 Å². The molecule has 2 rings (SSSR count). The van der Waals surface area contributed by atoms with Crippen molar-refractivity contribution in [2.75, 3.05) is 19.8 Å². The zero-order chi connectivity index (χ0) is 22.8. The Labute approximate surface area is 187 Å². The molecule has 0 aliphatic carbocycles. The van der Waals surface area contributed by atoms with Crippen LogP contribution in [0.4, 0.5) is 0 Å². The van der Waals surface area contributed by atoms with E-state index in [1.807, 2.05) is 30.3 Å². The second kappa shape index (κ2) is 12.2. The molecule has 4 heteroatoms. The first-order chi connectivity index (χ1) is 14.7. The number of carbonyl (C=O) groups is 1. The SMILES string of the molecule is CC(C)COc1cccc(C(=O)/C=C/c2cc(OCC(C)C)ccc2OCC(C)C)c1. The van der Waals surface area contributed by atoms with Crippen LogP contribution in [0.2, 0.25) is 0 Å². The zero-order valence-corrected chi connectivity index (χ0v) is 19.7. The molecule has 0 saturated carbocycles. The van der Waals surface area contributed by atoms with Gasteiger partial charge in [-0.25, -0.2) is 0 Å². The first-order valence-corrected chi connectivity index (χ1v) is 11.1. The van der Waals surface area contributed by atoms with E-state index < -0.39 is 0 Å². The van der Waals surface area contributed by atoms with E-state index in [-0.39, 0.29) is 5.78 Å². The molecule has 0 radical (unpaired) electrons. The van der Waals surface area contributed by atoms with Gasteiger partial charge in [0.2, 0.25) is 0 Å². The van der Waals surface area contributed by atoms with Crippen LogP contribution >= 0.6 is 0 Å². The van der Waals surface area contributed by atoms with E-state index in [1.54, 1.807) is 24.3 Å². The van der Waals surface area contributed by atoms with Crippen LogP contribution in [0.5, 0.6) is 17.2 Å². The summed E-state index contributed by atoms with van der Waals surface area (Å²) in [5.41, 5.74) is 1.41. The molecule has 0 aromatic heterocycles. The van der Waals surface area contributed by atoms with Gasteiger partial charge in [-0.3, -0.25) is 4.79 Å². The smallest absolute Gasteiger partial charge is 0.185 e. The van der Waals surface area contributed by atoms with E-state index in [1.165, 1.54) is 0 Å². The zero-order valence-electron chi connectivity index (χ0n) is 19.7. The minimum absolute atomic E-state index is 0.0849. The minimum atomic E-state index is -0.0849. The van der Waals surface area contributed by atoms with Crippen LogP contribution in [0.3, 0.4) is 0 Å². The molecule has 0 unspecified atom stereocenters. The summed E-state index contributed by atoms with van der Waals surface area (Å²) < 4.78 is 17.5. The molecule has 168 valence electrons. The van der Waals surface area contributed by atoms with Crippen molar-refractivity contribution in [2.45, 2.75) is 41.5 Å². The molecular formula is C27H36O4. The highest BCUT2D eigenvalue weighted by Gasteiger charge is 2.09. The number of hydrogen-bond acceptors (Lipinski definition) is 4. The van der Waals surface area contributed by atoms with Gasteiger partial charge in [0.1, 0.15) is 17.2 Å². The third-order valence-corrected chi connectivity index (χ3v) is 4.25. The summed E-state index contributed by atoms with van der Waals surface area (Å²) in [5.74, 6) is 3.39. The van der Waals surface area contributed by atoms with E-state index in [0.717, 1.165) is 17.1 Å². The summed E-state index contributed by atoms with van der Waals surface area (Å²) in [6.45, 7) is 14.5. The second-order valence-electron chi connectivity index (χ2n) is 9.04. The van der Waals surface area contributed by atoms with Gasteiger partial charge in [-0.2, -0.15) is 0 Å². The van der Waals surface area contributed by atoms with Crippen molar-refractivity contribution in [2.24, 2.45) is 17.8 Å². The van der Waals surface area contributed by atoms with Crippen molar-refractivity contribution in [3.63, 3.8) is 0 Å². The van der Waals surface area contributed by atoms with Crippen LogP contribution in [0.1, 0.15) is 57.5 Å². The summed E-state index contributed by atoms with van der Waals surface area (Å²) >= 11 is 0. The third-order valence-electron chi connectivity index (χ3n) is 4.25. The number of rotatable bonds is 12. The summed E-state index contributed by atoms with van der Waals surface area (Å²) in [4.78, 5) is 12.8. The second-order valence-corrected chi connectivity index (χ2v) is 9.04. The monoisotopic (exact) mass is 424 g/mol. The molecule has 0 spiro atoms. The molecular weight excluding hydrogens is 388 g/mol. The standard InChI is InChI=1S/C27H36O4/c1-19(2)16-29-24-9-7-8-22(14-24)26(28)12-10-23-15-25(30-17-20(3)4)11-13-27(23)31-18-21(5)6/h7-15,19-21H,16-18H2,1-6H3/b12-10+. The van der Waals surface area contributed by atoms with Crippen LogP contribution in [-0.2, 0) is 0 Å². The predicted molar refractivity (Wildman–Crippen MR) is 127 cm³/mol. The fourth-order valence-corrected chi connectivity index (χ4v) is 2.66. The molecule has 0 aliphatic heterocycles. The van der Waals surface area contributed by atoms with Crippen molar-refractivity contribution in [3.8, 4) is 17.2 Å². The van der Waals surface area contributed by atoms with Crippen LogP contribution in [0.15, 0.2) is 48.5 Å². The highest BCUT2D eigenvalue weighted by Crippen LogP contribution is 2.27. The molecule has 0 heterocycles. The largest absolute Gasteiger partial charge is 0.493 e. The fourth-order valence-electron chi connectivity index (χ4n) is 2.66. The normalized spacial score (nSPS) is 11.5. The highest BCUT2D eigenvalue weighted by molar-refractivity contribution is 6.07. The van der Waals surface area contributed by atoms with E-state index in [9.17, 15) is 4.79 Å². The Morgan fingerprint density at radius 1 is 0.774 bits per heavy atom. The third kappa shape index (κ3) is 8.87. The number of hydrogen-bond donors (Lipinski definition) is 0. The molecule has 0 N–H and O–H groups in total. The Hall–Kier alpha value is -2.75. The minimum Gasteiger partial charge on any atom is -0.493 e. The molecule has 0 aliphatic rings.